The van der Waals surface area contributed by atoms with Crippen molar-refractivity contribution >= 4 is 11.6 Å². The summed E-state index contributed by atoms with van der Waals surface area (Å²) >= 11 is 0. The highest BCUT2D eigenvalue weighted by Gasteiger charge is 2.23. The van der Waals surface area contributed by atoms with Gasteiger partial charge in [-0.3, -0.25) is 4.79 Å². The molecule has 3 rings (SSSR count). The summed E-state index contributed by atoms with van der Waals surface area (Å²) in [4.78, 5) is 14.2. The lowest BCUT2D eigenvalue weighted by molar-refractivity contribution is -0.131. The number of methoxy groups -OCH3 is 2. The number of fused-ring (bicyclic) bond motifs is 1. The summed E-state index contributed by atoms with van der Waals surface area (Å²) in [5.74, 6) is -2.94. The predicted molar refractivity (Wildman–Crippen MR) is 98.1 cm³/mol. The van der Waals surface area contributed by atoms with Gasteiger partial charge in [-0.05, 0) is 41.8 Å². The highest BCUT2D eigenvalue weighted by Crippen LogP contribution is 2.33. The smallest absolute Gasteiger partial charge is 0.224 e. The average Bonchev–Trinajstić information content (AvgIpc) is 2.72. The van der Waals surface area contributed by atoms with Gasteiger partial charge in [0.15, 0.2) is 29.0 Å². The summed E-state index contributed by atoms with van der Waals surface area (Å²) in [6.45, 7) is 1.10. The van der Waals surface area contributed by atoms with Crippen molar-refractivity contribution in [3.05, 3.63) is 52.8 Å². The van der Waals surface area contributed by atoms with E-state index in [1.165, 1.54) is 0 Å². The number of carbonyl (C=O) groups is 1. The van der Waals surface area contributed by atoms with Crippen molar-refractivity contribution in [2.75, 3.05) is 32.6 Å². The summed E-state index contributed by atoms with van der Waals surface area (Å²) in [5, 5.41) is 2.64. The van der Waals surface area contributed by atoms with Gasteiger partial charge in [-0.2, -0.15) is 0 Å². The van der Waals surface area contributed by atoms with Crippen LogP contribution in [0.25, 0.3) is 0 Å². The molecule has 8 heteroatoms. The Balaban J connectivity index is 1.60. The number of hydrogen-bond donors (Lipinski definition) is 1. The lowest BCUT2D eigenvalue weighted by atomic mass is 9.98. The van der Waals surface area contributed by atoms with Crippen molar-refractivity contribution < 1.29 is 27.4 Å². The van der Waals surface area contributed by atoms with Crippen LogP contribution in [0.3, 0.4) is 0 Å². The van der Waals surface area contributed by atoms with Gasteiger partial charge in [0, 0.05) is 26.1 Å². The normalized spacial score (nSPS) is 13.1. The van der Waals surface area contributed by atoms with Crippen LogP contribution >= 0.6 is 0 Å². The Labute approximate surface area is 161 Å². The molecule has 1 amide bonds. The second kappa shape index (κ2) is 8.41. The fraction of sp³-hybridized carbons (Fsp3) is 0.350. The van der Waals surface area contributed by atoms with Gasteiger partial charge >= 0.3 is 0 Å². The second-order valence-corrected chi connectivity index (χ2v) is 6.44. The lowest BCUT2D eigenvalue weighted by Gasteiger charge is -2.29. The van der Waals surface area contributed by atoms with E-state index < -0.39 is 17.5 Å². The van der Waals surface area contributed by atoms with Gasteiger partial charge in [-0.1, -0.05) is 0 Å². The Bertz CT molecular complexity index is 889. The van der Waals surface area contributed by atoms with Gasteiger partial charge in [0.1, 0.15) is 0 Å². The predicted octanol–water partition coefficient (Wildman–Crippen LogP) is 3.51. The Hall–Kier alpha value is -2.90. The number of halogens is 3. The van der Waals surface area contributed by atoms with Crippen LogP contribution < -0.4 is 14.8 Å². The van der Waals surface area contributed by atoms with Crippen LogP contribution in [0.5, 0.6) is 11.5 Å². The fourth-order valence-corrected chi connectivity index (χ4v) is 3.22. The van der Waals surface area contributed by atoms with Crippen molar-refractivity contribution in [3.63, 3.8) is 0 Å². The zero-order chi connectivity index (χ0) is 20.3. The zero-order valence-electron chi connectivity index (χ0n) is 15.7. The number of rotatable bonds is 6. The number of anilines is 1. The van der Waals surface area contributed by atoms with Crippen LogP contribution in [0.15, 0.2) is 24.3 Å². The molecular formula is C20H21F3N2O3. The van der Waals surface area contributed by atoms with E-state index in [4.69, 9.17) is 9.47 Å². The average molecular weight is 394 g/mol. The van der Waals surface area contributed by atoms with Crippen LogP contribution in [0.1, 0.15) is 17.5 Å². The zero-order valence-corrected chi connectivity index (χ0v) is 15.7. The number of carbonyl (C=O) groups excluding carboxylic acids is 1. The maximum atomic E-state index is 13.6. The minimum absolute atomic E-state index is 0.0983. The first-order valence-electron chi connectivity index (χ1n) is 8.83. The van der Waals surface area contributed by atoms with Gasteiger partial charge in [0.2, 0.25) is 5.91 Å². The van der Waals surface area contributed by atoms with E-state index in [2.05, 4.69) is 5.32 Å². The number of nitrogens with zero attached hydrogens (tertiary/aromatic N) is 1. The van der Waals surface area contributed by atoms with Gasteiger partial charge < -0.3 is 19.7 Å². The summed E-state index contributed by atoms with van der Waals surface area (Å²) in [6.07, 6.45) is 0.785. The molecule has 1 aliphatic rings. The molecule has 2 aromatic carbocycles. The Morgan fingerprint density at radius 2 is 1.75 bits per heavy atom. The molecule has 0 saturated carbocycles. The quantitative estimate of drug-likeness (QED) is 0.762. The molecule has 2 aromatic rings. The van der Waals surface area contributed by atoms with E-state index in [-0.39, 0.29) is 24.6 Å². The molecule has 0 bridgehead atoms. The van der Waals surface area contributed by atoms with Crippen LogP contribution in [0, 0.1) is 17.5 Å². The third-order valence-electron chi connectivity index (χ3n) is 4.76. The Morgan fingerprint density at radius 3 is 2.43 bits per heavy atom. The first kappa shape index (κ1) is 19.9. The van der Waals surface area contributed by atoms with Crippen LogP contribution in [-0.2, 0) is 17.8 Å². The van der Waals surface area contributed by atoms with Gasteiger partial charge in [-0.25, -0.2) is 13.2 Å². The number of ether oxygens (including phenoxy) is 2. The number of nitrogens with one attached hydrogen (secondary N) is 1. The molecule has 0 fully saturated rings. The minimum Gasteiger partial charge on any atom is -0.493 e. The van der Waals surface area contributed by atoms with Crippen molar-refractivity contribution in [2.45, 2.75) is 19.4 Å². The summed E-state index contributed by atoms with van der Waals surface area (Å²) in [6, 6.07) is 5.73. The lowest BCUT2D eigenvalue weighted by Crippen LogP contribution is -2.36. The van der Waals surface area contributed by atoms with E-state index in [9.17, 15) is 18.0 Å². The van der Waals surface area contributed by atoms with Gasteiger partial charge in [0.05, 0.1) is 19.9 Å². The van der Waals surface area contributed by atoms with E-state index >= 15 is 0 Å². The highest BCUT2D eigenvalue weighted by atomic mass is 19.2. The maximum absolute atomic E-state index is 13.6. The van der Waals surface area contributed by atoms with Crippen molar-refractivity contribution in [3.8, 4) is 11.5 Å². The second-order valence-electron chi connectivity index (χ2n) is 6.44. The van der Waals surface area contributed by atoms with E-state index in [1.807, 2.05) is 12.1 Å². The first-order chi connectivity index (χ1) is 13.4. The largest absolute Gasteiger partial charge is 0.493 e. The highest BCUT2D eigenvalue weighted by molar-refractivity contribution is 5.77. The minimum atomic E-state index is -1.53. The molecule has 150 valence electrons. The van der Waals surface area contributed by atoms with E-state index in [0.29, 0.717) is 31.0 Å². The molecule has 0 aliphatic carbocycles. The topological polar surface area (TPSA) is 50.8 Å². The molecule has 0 unspecified atom stereocenters. The molecule has 0 atom stereocenters. The molecule has 5 nitrogen and oxygen atoms in total. The third kappa shape index (κ3) is 4.00. The Kier molecular flexibility index (Phi) is 5.96. The summed E-state index contributed by atoms with van der Waals surface area (Å²) in [5.41, 5.74) is 1.91. The summed E-state index contributed by atoms with van der Waals surface area (Å²) < 4.78 is 50.5. The maximum Gasteiger partial charge on any atom is 0.224 e. The standard InChI is InChI=1S/C20H21F3N2O3/c1-27-16-9-12-6-8-25(11-13(12)10-17(16)28-2)18(26)5-7-24-15-4-3-14(21)19(22)20(15)23/h3-4,9-10,24H,5-8,11H2,1-2H3. The van der Waals surface area contributed by atoms with Crippen LogP contribution in [-0.4, -0.2) is 38.1 Å². The van der Waals surface area contributed by atoms with E-state index in [1.54, 1.807) is 19.1 Å². The number of amides is 1. The molecule has 0 aromatic heterocycles. The van der Waals surface area contributed by atoms with E-state index in [0.717, 1.165) is 23.3 Å². The third-order valence-corrected chi connectivity index (χ3v) is 4.76. The van der Waals surface area contributed by atoms with Crippen molar-refractivity contribution in [1.82, 2.24) is 4.90 Å². The molecule has 1 heterocycles. The first-order valence-corrected chi connectivity index (χ1v) is 8.83. The number of hydrogen-bond acceptors (Lipinski definition) is 4. The SMILES string of the molecule is COc1cc2c(cc1OC)CN(C(=O)CCNc1ccc(F)c(F)c1F)CC2. The Morgan fingerprint density at radius 1 is 1.07 bits per heavy atom. The summed E-state index contributed by atoms with van der Waals surface area (Å²) in [7, 11) is 3.13. The molecule has 0 radical (unpaired) electrons. The fourth-order valence-electron chi connectivity index (χ4n) is 3.22. The molecule has 1 aliphatic heterocycles. The van der Waals surface area contributed by atoms with Crippen LogP contribution in [0.4, 0.5) is 18.9 Å². The van der Waals surface area contributed by atoms with Crippen molar-refractivity contribution in [2.24, 2.45) is 0 Å². The van der Waals surface area contributed by atoms with Crippen LogP contribution in [0.2, 0.25) is 0 Å². The molecule has 28 heavy (non-hydrogen) atoms. The monoisotopic (exact) mass is 394 g/mol. The number of benzene rings is 2. The van der Waals surface area contributed by atoms with Gasteiger partial charge in [0.25, 0.3) is 0 Å². The van der Waals surface area contributed by atoms with Gasteiger partial charge in [-0.15, -0.1) is 0 Å². The molecule has 1 N–H and O–H groups in total. The molecule has 0 saturated heterocycles. The molecular weight excluding hydrogens is 373 g/mol. The van der Waals surface area contributed by atoms with Crippen molar-refractivity contribution in [1.29, 1.82) is 0 Å². The molecule has 0 spiro atoms.